The van der Waals surface area contributed by atoms with Crippen LogP contribution in [0.4, 0.5) is 0 Å². The molecule has 0 fully saturated rings. The third-order valence-corrected chi connectivity index (χ3v) is 1.82. The maximum absolute atomic E-state index is 5.52. The SMILES string of the molecule is CC(C)(Br)CCCCCl. The van der Waals surface area contributed by atoms with Crippen LogP contribution in [0.25, 0.3) is 0 Å². The highest BCUT2D eigenvalue weighted by Gasteiger charge is 2.10. The van der Waals surface area contributed by atoms with Crippen molar-refractivity contribution in [2.75, 3.05) is 5.88 Å². The van der Waals surface area contributed by atoms with E-state index in [1.54, 1.807) is 0 Å². The van der Waals surface area contributed by atoms with E-state index in [1.807, 2.05) is 0 Å². The summed E-state index contributed by atoms with van der Waals surface area (Å²) >= 11 is 9.08. The van der Waals surface area contributed by atoms with E-state index in [2.05, 4.69) is 29.8 Å². The first-order valence-corrected chi connectivity index (χ1v) is 4.64. The first kappa shape index (κ1) is 9.77. The van der Waals surface area contributed by atoms with Crippen molar-refractivity contribution in [1.29, 1.82) is 0 Å². The summed E-state index contributed by atoms with van der Waals surface area (Å²) in [5, 5.41) is 0. The summed E-state index contributed by atoms with van der Waals surface area (Å²) in [6.45, 7) is 4.36. The van der Waals surface area contributed by atoms with E-state index in [0.717, 1.165) is 12.3 Å². The zero-order valence-electron chi connectivity index (χ0n) is 6.08. The lowest BCUT2D eigenvalue weighted by Crippen LogP contribution is -2.08. The molecule has 0 atom stereocenters. The standard InChI is InChI=1S/C7H14BrCl/c1-7(2,8)5-3-4-6-9/h3-6H2,1-2H3. The molecule has 0 radical (unpaired) electrons. The van der Waals surface area contributed by atoms with Gasteiger partial charge in [0.05, 0.1) is 0 Å². The van der Waals surface area contributed by atoms with Crippen LogP contribution in [0.2, 0.25) is 0 Å². The Hall–Kier alpha value is 0.770. The second kappa shape index (κ2) is 4.56. The fourth-order valence-corrected chi connectivity index (χ4v) is 1.11. The number of hydrogen-bond acceptors (Lipinski definition) is 0. The predicted octanol–water partition coefficient (Wildman–Crippen LogP) is 3.57. The van der Waals surface area contributed by atoms with Gasteiger partial charge in [-0.05, 0) is 12.8 Å². The van der Waals surface area contributed by atoms with E-state index >= 15 is 0 Å². The van der Waals surface area contributed by atoms with Gasteiger partial charge in [0, 0.05) is 10.2 Å². The van der Waals surface area contributed by atoms with Gasteiger partial charge in [0.25, 0.3) is 0 Å². The van der Waals surface area contributed by atoms with Gasteiger partial charge in [0.15, 0.2) is 0 Å². The average molecular weight is 214 g/mol. The summed E-state index contributed by atoms with van der Waals surface area (Å²) < 4.78 is 0.305. The van der Waals surface area contributed by atoms with Crippen LogP contribution in [0.5, 0.6) is 0 Å². The molecule has 56 valence electrons. The van der Waals surface area contributed by atoms with E-state index in [4.69, 9.17) is 11.6 Å². The summed E-state index contributed by atoms with van der Waals surface area (Å²) in [6, 6.07) is 0. The molecule has 0 aromatic carbocycles. The molecule has 0 aliphatic rings. The van der Waals surface area contributed by atoms with E-state index in [9.17, 15) is 0 Å². The van der Waals surface area contributed by atoms with Crippen LogP contribution in [-0.4, -0.2) is 10.2 Å². The van der Waals surface area contributed by atoms with Crippen LogP contribution >= 0.6 is 27.5 Å². The molecule has 0 aromatic rings. The van der Waals surface area contributed by atoms with Crippen molar-refractivity contribution in [3.63, 3.8) is 0 Å². The molecule has 0 nitrogen and oxygen atoms in total. The van der Waals surface area contributed by atoms with Crippen LogP contribution < -0.4 is 0 Å². The fraction of sp³-hybridized carbons (Fsp3) is 1.00. The van der Waals surface area contributed by atoms with Crippen LogP contribution in [-0.2, 0) is 0 Å². The van der Waals surface area contributed by atoms with Gasteiger partial charge in [-0.25, -0.2) is 0 Å². The molecule has 2 heteroatoms. The lowest BCUT2D eigenvalue weighted by Gasteiger charge is -2.14. The van der Waals surface area contributed by atoms with Gasteiger partial charge in [-0.2, -0.15) is 0 Å². The summed E-state index contributed by atoms with van der Waals surface area (Å²) in [6.07, 6.45) is 3.57. The Morgan fingerprint density at radius 2 is 1.89 bits per heavy atom. The molecule has 0 amide bonds. The highest BCUT2D eigenvalue weighted by Crippen LogP contribution is 2.22. The van der Waals surface area contributed by atoms with E-state index in [0.29, 0.717) is 4.32 Å². The first-order chi connectivity index (χ1) is 4.06. The monoisotopic (exact) mass is 212 g/mol. The Morgan fingerprint density at radius 1 is 1.33 bits per heavy atom. The molecule has 0 saturated carbocycles. The number of rotatable bonds is 4. The molecule has 0 aliphatic carbocycles. The van der Waals surface area contributed by atoms with Gasteiger partial charge in [0.2, 0.25) is 0 Å². The van der Waals surface area contributed by atoms with Gasteiger partial charge in [-0.3, -0.25) is 0 Å². The molecule has 0 N–H and O–H groups in total. The Balaban J connectivity index is 3.07. The summed E-state index contributed by atoms with van der Waals surface area (Å²) in [5.41, 5.74) is 0. The molecule has 9 heavy (non-hydrogen) atoms. The maximum atomic E-state index is 5.52. The zero-order chi connectivity index (χ0) is 7.33. The number of halogens is 2. The van der Waals surface area contributed by atoms with E-state index in [-0.39, 0.29) is 0 Å². The second-order valence-electron chi connectivity index (χ2n) is 2.86. The molecule has 0 saturated heterocycles. The van der Waals surface area contributed by atoms with Gasteiger partial charge in [0.1, 0.15) is 0 Å². The topological polar surface area (TPSA) is 0 Å². The van der Waals surface area contributed by atoms with E-state index in [1.165, 1.54) is 12.8 Å². The Morgan fingerprint density at radius 3 is 2.22 bits per heavy atom. The van der Waals surface area contributed by atoms with Crippen LogP contribution in [0.15, 0.2) is 0 Å². The van der Waals surface area contributed by atoms with Crippen molar-refractivity contribution >= 4 is 27.5 Å². The van der Waals surface area contributed by atoms with Gasteiger partial charge in [-0.15, -0.1) is 11.6 Å². The largest absolute Gasteiger partial charge is 0.127 e. The molecular weight excluding hydrogens is 199 g/mol. The van der Waals surface area contributed by atoms with Crippen molar-refractivity contribution < 1.29 is 0 Å². The molecular formula is C7H14BrCl. The van der Waals surface area contributed by atoms with Crippen molar-refractivity contribution in [3.05, 3.63) is 0 Å². The molecule has 0 heterocycles. The average Bonchev–Trinajstić information content (AvgIpc) is 1.63. The lowest BCUT2D eigenvalue weighted by atomic mass is 10.1. The van der Waals surface area contributed by atoms with Crippen molar-refractivity contribution in [2.45, 2.75) is 37.4 Å². The smallest absolute Gasteiger partial charge is 0.0223 e. The zero-order valence-corrected chi connectivity index (χ0v) is 8.43. The minimum atomic E-state index is 0.305. The number of hydrogen-bond donors (Lipinski definition) is 0. The number of alkyl halides is 2. The van der Waals surface area contributed by atoms with Gasteiger partial charge < -0.3 is 0 Å². The van der Waals surface area contributed by atoms with Crippen molar-refractivity contribution in [1.82, 2.24) is 0 Å². The van der Waals surface area contributed by atoms with Crippen molar-refractivity contribution in [3.8, 4) is 0 Å². The summed E-state index contributed by atoms with van der Waals surface area (Å²) in [7, 11) is 0. The summed E-state index contributed by atoms with van der Waals surface area (Å²) in [5.74, 6) is 0.795. The Labute approximate surface area is 71.1 Å². The molecule has 0 rings (SSSR count). The molecule has 0 aliphatic heterocycles. The molecule has 0 spiro atoms. The molecule has 0 aromatic heterocycles. The third-order valence-electron chi connectivity index (χ3n) is 1.15. The summed E-state index contributed by atoms with van der Waals surface area (Å²) in [4.78, 5) is 0. The predicted molar refractivity (Wildman–Crippen MR) is 47.6 cm³/mol. The normalized spacial score (nSPS) is 12.0. The minimum absolute atomic E-state index is 0.305. The Bertz CT molecular complexity index is 65.8. The highest BCUT2D eigenvalue weighted by molar-refractivity contribution is 9.10. The van der Waals surface area contributed by atoms with Crippen LogP contribution in [0, 0.1) is 0 Å². The first-order valence-electron chi connectivity index (χ1n) is 3.31. The van der Waals surface area contributed by atoms with E-state index < -0.39 is 0 Å². The minimum Gasteiger partial charge on any atom is -0.127 e. The van der Waals surface area contributed by atoms with Gasteiger partial charge >= 0.3 is 0 Å². The molecule has 0 unspecified atom stereocenters. The van der Waals surface area contributed by atoms with Crippen molar-refractivity contribution in [2.24, 2.45) is 0 Å². The maximum Gasteiger partial charge on any atom is 0.0223 e. The fourth-order valence-electron chi connectivity index (χ4n) is 0.640. The second-order valence-corrected chi connectivity index (χ2v) is 5.39. The lowest BCUT2D eigenvalue weighted by molar-refractivity contribution is 0.606. The van der Waals surface area contributed by atoms with Crippen LogP contribution in [0.1, 0.15) is 33.1 Å². The van der Waals surface area contributed by atoms with Crippen LogP contribution in [0.3, 0.4) is 0 Å². The number of unbranched alkanes of at least 4 members (excludes halogenated alkanes) is 1. The highest BCUT2D eigenvalue weighted by atomic mass is 79.9. The Kier molecular flexibility index (Phi) is 4.96. The quantitative estimate of drug-likeness (QED) is 0.495. The third kappa shape index (κ3) is 8.77. The van der Waals surface area contributed by atoms with Gasteiger partial charge in [-0.1, -0.05) is 36.2 Å². The molecule has 0 bridgehead atoms.